The second-order valence-corrected chi connectivity index (χ2v) is 4.84. The fourth-order valence-corrected chi connectivity index (χ4v) is 1.81. The van der Waals surface area contributed by atoms with E-state index in [1.807, 2.05) is 18.7 Å². The molecule has 0 rings (SSSR count). The third kappa shape index (κ3) is 6.68. The first-order valence-electron chi connectivity index (χ1n) is 5.37. The van der Waals surface area contributed by atoms with E-state index in [0.29, 0.717) is 0 Å². The van der Waals surface area contributed by atoms with Crippen molar-refractivity contribution in [2.45, 2.75) is 32.9 Å². The summed E-state index contributed by atoms with van der Waals surface area (Å²) in [4.78, 5) is 22.4. The zero-order chi connectivity index (χ0) is 12.6. The summed E-state index contributed by atoms with van der Waals surface area (Å²) in [6, 6.07) is -0.602. The van der Waals surface area contributed by atoms with E-state index < -0.39 is 6.03 Å². The number of amides is 3. The molecular formula is C10H21N3O2S. The van der Waals surface area contributed by atoms with Gasteiger partial charge in [0.15, 0.2) is 0 Å². The maximum absolute atomic E-state index is 11.5. The monoisotopic (exact) mass is 247 g/mol. The van der Waals surface area contributed by atoms with E-state index in [0.717, 1.165) is 11.5 Å². The van der Waals surface area contributed by atoms with E-state index in [-0.39, 0.29) is 18.0 Å². The summed E-state index contributed by atoms with van der Waals surface area (Å²) in [7, 11) is 1.47. The van der Waals surface area contributed by atoms with Crippen molar-refractivity contribution in [3.05, 3.63) is 0 Å². The van der Waals surface area contributed by atoms with Crippen LogP contribution in [0.5, 0.6) is 0 Å². The van der Waals surface area contributed by atoms with Gasteiger partial charge in [0.2, 0.25) is 5.91 Å². The van der Waals surface area contributed by atoms with Gasteiger partial charge in [-0.05, 0) is 19.6 Å². The van der Waals surface area contributed by atoms with Crippen molar-refractivity contribution in [2.75, 3.05) is 18.6 Å². The SMILES string of the molecule is CCSCC(C)NC(C)C(=O)NC(=O)NC. The minimum absolute atomic E-state index is 0.246. The summed E-state index contributed by atoms with van der Waals surface area (Å²) in [5, 5.41) is 7.70. The molecule has 3 amide bonds. The zero-order valence-electron chi connectivity index (χ0n) is 10.3. The van der Waals surface area contributed by atoms with Crippen molar-refractivity contribution in [1.29, 1.82) is 0 Å². The Morgan fingerprint density at radius 3 is 2.44 bits per heavy atom. The van der Waals surface area contributed by atoms with Gasteiger partial charge in [-0.15, -0.1) is 0 Å². The molecule has 2 atom stereocenters. The van der Waals surface area contributed by atoms with Gasteiger partial charge in [0, 0.05) is 18.8 Å². The number of thioether (sulfide) groups is 1. The zero-order valence-corrected chi connectivity index (χ0v) is 11.1. The predicted molar refractivity (Wildman–Crippen MR) is 67.7 cm³/mol. The fourth-order valence-electron chi connectivity index (χ4n) is 1.13. The maximum Gasteiger partial charge on any atom is 0.321 e. The Labute approximate surface area is 101 Å². The molecule has 0 saturated carbocycles. The van der Waals surface area contributed by atoms with Gasteiger partial charge in [0.1, 0.15) is 0 Å². The third-order valence-corrected chi connectivity index (χ3v) is 3.11. The van der Waals surface area contributed by atoms with Crippen LogP contribution in [0.2, 0.25) is 0 Å². The van der Waals surface area contributed by atoms with Crippen LogP contribution in [-0.4, -0.2) is 42.6 Å². The Morgan fingerprint density at radius 1 is 1.31 bits per heavy atom. The molecule has 0 bridgehead atoms. The van der Waals surface area contributed by atoms with E-state index >= 15 is 0 Å². The molecule has 0 spiro atoms. The van der Waals surface area contributed by atoms with Crippen LogP contribution < -0.4 is 16.0 Å². The first kappa shape index (κ1) is 15.2. The minimum Gasteiger partial charge on any atom is -0.341 e. The fraction of sp³-hybridized carbons (Fsp3) is 0.800. The van der Waals surface area contributed by atoms with Crippen molar-refractivity contribution in [3.63, 3.8) is 0 Å². The molecule has 0 aromatic heterocycles. The summed E-state index contributed by atoms with van der Waals surface area (Å²) in [6.07, 6.45) is 0. The first-order valence-corrected chi connectivity index (χ1v) is 6.53. The largest absolute Gasteiger partial charge is 0.341 e. The maximum atomic E-state index is 11.5. The van der Waals surface area contributed by atoms with Gasteiger partial charge in [-0.1, -0.05) is 6.92 Å². The van der Waals surface area contributed by atoms with Crippen LogP contribution in [0.25, 0.3) is 0 Å². The summed E-state index contributed by atoms with van der Waals surface area (Å²) in [5.74, 6) is 1.70. The van der Waals surface area contributed by atoms with E-state index in [4.69, 9.17) is 0 Å². The highest BCUT2D eigenvalue weighted by molar-refractivity contribution is 7.99. The molecule has 0 aliphatic carbocycles. The number of hydrogen-bond donors (Lipinski definition) is 3. The van der Waals surface area contributed by atoms with Gasteiger partial charge in [-0.2, -0.15) is 11.8 Å². The molecule has 0 radical (unpaired) electrons. The van der Waals surface area contributed by atoms with Crippen LogP contribution in [0.3, 0.4) is 0 Å². The average molecular weight is 247 g/mol. The number of rotatable bonds is 6. The van der Waals surface area contributed by atoms with Crippen LogP contribution in [-0.2, 0) is 4.79 Å². The Bertz CT molecular complexity index is 236. The van der Waals surface area contributed by atoms with Crippen molar-refractivity contribution in [2.24, 2.45) is 0 Å². The molecular weight excluding hydrogens is 226 g/mol. The van der Waals surface area contributed by atoms with Gasteiger partial charge >= 0.3 is 6.03 Å². The standard InChI is InChI=1S/C10H21N3O2S/c1-5-16-6-7(2)12-8(3)9(14)13-10(15)11-4/h7-8,12H,5-6H2,1-4H3,(H2,11,13,14,15). The van der Waals surface area contributed by atoms with E-state index in [2.05, 4.69) is 22.9 Å². The van der Waals surface area contributed by atoms with Gasteiger partial charge < -0.3 is 10.6 Å². The summed E-state index contributed by atoms with van der Waals surface area (Å²) < 4.78 is 0. The number of carbonyl (C=O) groups excluding carboxylic acids is 2. The summed E-state index contributed by atoms with van der Waals surface area (Å²) >= 11 is 1.81. The highest BCUT2D eigenvalue weighted by atomic mass is 32.2. The lowest BCUT2D eigenvalue weighted by Crippen LogP contribution is -2.49. The lowest BCUT2D eigenvalue weighted by atomic mass is 10.2. The van der Waals surface area contributed by atoms with Gasteiger partial charge in [0.05, 0.1) is 6.04 Å². The van der Waals surface area contributed by atoms with Crippen LogP contribution in [0.1, 0.15) is 20.8 Å². The quantitative estimate of drug-likeness (QED) is 0.641. The van der Waals surface area contributed by atoms with Crippen molar-refractivity contribution >= 4 is 23.7 Å². The van der Waals surface area contributed by atoms with E-state index in [9.17, 15) is 9.59 Å². The lowest BCUT2D eigenvalue weighted by Gasteiger charge is -2.18. The van der Waals surface area contributed by atoms with Gasteiger partial charge in [-0.3, -0.25) is 10.1 Å². The number of urea groups is 1. The minimum atomic E-state index is -0.478. The molecule has 16 heavy (non-hydrogen) atoms. The Morgan fingerprint density at radius 2 is 1.94 bits per heavy atom. The highest BCUT2D eigenvalue weighted by Crippen LogP contribution is 2.01. The Hall–Kier alpha value is -0.750. The van der Waals surface area contributed by atoms with Crippen molar-refractivity contribution in [1.82, 2.24) is 16.0 Å². The molecule has 0 saturated heterocycles. The van der Waals surface area contributed by atoms with Crippen LogP contribution in [0.4, 0.5) is 4.79 Å². The molecule has 0 fully saturated rings. The van der Waals surface area contributed by atoms with E-state index in [1.54, 1.807) is 6.92 Å². The van der Waals surface area contributed by atoms with Crippen LogP contribution >= 0.6 is 11.8 Å². The summed E-state index contributed by atoms with van der Waals surface area (Å²) in [5.41, 5.74) is 0. The molecule has 0 aliphatic rings. The van der Waals surface area contributed by atoms with Gasteiger partial charge in [0.25, 0.3) is 0 Å². The molecule has 0 aromatic carbocycles. The molecule has 2 unspecified atom stereocenters. The Kier molecular flexibility index (Phi) is 8.01. The molecule has 5 nitrogen and oxygen atoms in total. The third-order valence-electron chi connectivity index (χ3n) is 1.96. The number of imide groups is 1. The van der Waals surface area contributed by atoms with Crippen LogP contribution in [0.15, 0.2) is 0 Å². The molecule has 6 heteroatoms. The number of nitrogens with one attached hydrogen (secondary N) is 3. The van der Waals surface area contributed by atoms with E-state index in [1.165, 1.54) is 7.05 Å². The average Bonchev–Trinajstić information content (AvgIpc) is 2.25. The Balaban J connectivity index is 3.90. The molecule has 3 N–H and O–H groups in total. The smallest absolute Gasteiger partial charge is 0.321 e. The van der Waals surface area contributed by atoms with Gasteiger partial charge in [-0.25, -0.2) is 4.79 Å². The molecule has 0 aliphatic heterocycles. The lowest BCUT2D eigenvalue weighted by molar-refractivity contribution is -0.121. The second kappa shape index (κ2) is 8.41. The topological polar surface area (TPSA) is 70.2 Å². The molecule has 0 aromatic rings. The molecule has 0 heterocycles. The highest BCUT2D eigenvalue weighted by Gasteiger charge is 2.16. The molecule has 94 valence electrons. The second-order valence-electron chi connectivity index (χ2n) is 3.52. The van der Waals surface area contributed by atoms with Crippen molar-refractivity contribution < 1.29 is 9.59 Å². The van der Waals surface area contributed by atoms with Crippen molar-refractivity contribution in [3.8, 4) is 0 Å². The first-order chi connectivity index (χ1) is 7.51. The number of hydrogen-bond acceptors (Lipinski definition) is 4. The predicted octanol–water partition coefficient (Wildman–Crippen LogP) is 0.562. The number of carbonyl (C=O) groups is 2. The normalized spacial score (nSPS) is 14.0. The summed E-state index contributed by atoms with van der Waals surface area (Å²) in [6.45, 7) is 5.86. The van der Waals surface area contributed by atoms with Crippen LogP contribution in [0, 0.1) is 0 Å².